The molecule has 2 heterocycles. The number of aromatic nitrogens is 1. The topological polar surface area (TPSA) is 64.4 Å². The lowest BCUT2D eigenvalue weighted by Gasteiger charge is -2.23. The molecular formula is C17H22N2O3. The number of nitrogens with one attached hydrogen (secondary N) is 1. The molecule has 5 nitrogen and oxygen atoms in total. The second kappa shape index (κ2) is 5.30. The second-order valence-corrected chi connectivity index (χ2v) is 6.82. The molecule has 1 aromatic heterocycles. The highest BCUT2D eigenvalue weighted by Crippen LogP contribution is 2.31. The molecule has 1 unspecified atom stereocenters. The van der Waals surface area contributed by atoms with Gasteiger partial charge in [-0.05, 0) is 45.7 Å². The van der Waals surface area contributed by atoms with Crippen LogP contribution in [0.3, 0.4) is 0 Å². The van der Waals surface area contributed by atoms with Crippen LogP contribution in [0.4, 0.5) is 5.69 Å². The minimum atomic E-state index is -0.452. The lowest BCUT2D eigenvalue weighted by atomic mass is 10.00. The maximum absolute atomic E-state index is 12.3. The third-order valence-corrected chi connectivity index (χ3v) is 3.79. The number of carbonyl (C=O) groups is 1. The van der Waals surface area contributed by atoms with Crippen molar-refractivity contribution >= 4 is 22.8 Å². The van der Waals surface area contributed by atoms with Gasteiger partial charge < -0.3 is 14.5 Å². The molecule has 1 aromatic carbocycles. The Hall–Kier alpha value is -2.04. The summed E-state index contributed by atoms with van der Waals surface area (Å²) in [6.07, 6.45) is 1.54. The maximum atomic E-state index is 12.3. The van der Waals surface area contributed by atoms with Crippen LogP contribution in [0.15, 0.2) is 16.5 Å². The normalized spacial score (nSPS) is 18.5. The lowest BCUT2D eigenvalue weighted by Crippen LogP contribution is -2.31. The van der Waals surface area contributed by atoms with E-state index in [2.05, 4.69) is 10.3 Å². The monoisotopic (exact) mass is 302 g/mol. The standard InChI is InChI=1S/C17H22N2O3/c1-10-19-15-12-6-5-11(16(20)22-17(2,3)4)9-18-13(12)7-8-14(15)21-10/h7-8,11,18H,5-6,9H2,1-4H3. The smallest absolute Gasteiger partial charge is 0.311 e. The number of aryl methyl sites for hydroxylation is 2. The Kier molecular flexibility index (Phi) is 3.59. The molecule has 0 amide bonds. The fourth-order valence-corrected chi connectivity index (χ4v) is 2.82. The van der Waals surface area contributed by atoms with Gasteiger partial charge in [0.1, 0.15) is 11.1 Å². The van der Waals surface area contributed by atoms with Gasteiger partial charge in [-0.2, -0.15) is 0 Å². The van der Waals surface area contributed by atoms with E-state index in [4.69, 9.17) is 9.15 Å². The van der Waals surface area contributed by atoms with Crippen LogP contribution in [0.2, 0.25) is 0 Å². The van der Waals surface area contributed by atoms with E-state index in [0.29, 0.717) is 12.4 Å². The largest absolute Gasteiger partial charge is 0.460 e. The third kappa shape index (κ3) is 2.93. The molecule has 0 saturated heterocycles. The summed E-state index contributed by atoms with van der Waals surface area (Å²) in [7, 11) is 0. The van der Waals surface area contributed by atoms with Crippen molar-refractivity contribution in [2.75, 3.05) is 11.9 Å². The minimum absolute atomic E-state index is 0.139. The first-order valence-electron chi connectivity index (χ1n) is 7.69. The number of oxazole rings is 1. The molecule has 1 aliphatic rings. The van der Waals surface area contributed by atoms with E-state index >= 15 is 0 Å². The van der Waals surface area contributed by atoms with Gasteiger partial charge in [-0.25, -0.2) is 4.98 Å². The van der Waals surface area contributed by atoms with Crippen LogP contribution in [0.1, 0.15) is 38.6 Å². The molecule has 1 N–H and O–H groups in total. The number of hydrogen-bond acceptors (Lipinski definition) is 5. The molecule has 0 spiro atoms. The Bertz CT molecular complexity index is 712. The summed E-state index contributed by atoms with van der Waals surface area (Å²) < 4.78 is 11.1. The molecule has 0 saturated carbocycles. The van der Waals surface area contributed by atoms with Crippen LogP contribution in [-0.2, 0) is 16.0 Å². The van der Waals surface area contributed by atoms with E-state index < -0.39 is 5.60 Å². The van der Waals surface area contributed by atoms with Crippen LogP contribution in [-0.4, -0.2) is 23.1 Å². The van der Waals surface area contributed by atoms with Crippen LogP contribution in [0.5, 0.6) is 0 Å². The number of ether oxygens (including phenoxy) is 1. The predicted octanol–water partition coefficient (Wildman–Crippen LogP) is 3.45. The van der Waals surface area contributed by atoms with Crippen LogP contribution >= 0.6 is 0 Å². The van der Waals surface area contributed by atoms with Crippen LogP contribution in [0, 0.1) is 12.8 Å². The SMILES string of the molecule is Cc1nc2c3c(ccc2o1)NCC(C(=O)OC(C)(C)C)CC3. The van der Waals surface area contributed by atoms with Gasteiger partial charge in [0.05, 0.1) is 5.92 Å². The molecule has 3 rings (SSSR count). The van der Waals surface area contributed by atoms with Gasteiger partial charge in [-0.15, -0.1) is 0 Å². The van der Waals surface area contributed by atoms with E-state index in [1.54, 1.807) is 0 Å². The summed E-state index contributed by atoms with van der Waals surface area (Å²) in [5.41, 5.74) is 3.40. The Labute approximate surface area is 130 Å². The van der Waals surface area contributed by atoms with Gasteiger partial charge in [0.25, 0.3) is 0 Å². The van der Waals surface area contributed by atoms with Gasteiger partial charge in [-0.3, -0.25) is 4.79 Å². The first kappa shape index (κ1) is 14.9. The van der Waals surface area contributed by atoms with E-state index in [-0.39, 0.29) is 11.9 Å². The summed E-state index contributed by atoms with van der Waals surface area (Å²) >= 11 is 0. The Morgan fingerprint density at radius 1 is 1.41 bits per heavy atom. The molecule has 1 atom stereocenters. The molecule has 2 aromatic rings. The average Bonchev–Trinajstić information content (AvgIpc) is 2.65. The summed E-state index contributed by atoms with van der Waals surface area (Å²) in [6.45, 7) is 8.12. The summed E-state index contributed by atoms with van der Waals surface area (Å²) in [4.78, 5) is 16.8. The lowest BCUT2D eigenvalue weighted by molar-refractivity contribution is -0.159. The summed E-state index contributed by atoms with van der Waals surface area (Å²) in [6, 6.07) is 3.93. The average molecular weight is 302 g/mol. The van der Waals surface area contributed by atoms with E-state index in [1.807, 2.05) is 39.8 Å². The Balaban J connectivity index is 1.83. The van der Waals surface area contributed by atoms with E-state index in [1.165, 1.54) is 0 Å². The second-order valence-electron chi connectivity index (χ2n) is 6.82. The number of fused-ring (bicyclic) bond motifs is 3. The molecule has 0 bridgehead atoms. The number of rotatable bonds is 1. The maximum Gasteiger partial charge on any atom is 0.311 e. The van der Waals surface area contributed by atoms with Crippen molar-refractivity contribution in [1.82, 2.24) is 4.98 Å². The van der Waals surface area contributed by atoms with Gasteiger partial charge >= 0.3 is 5.97 Å². The Morgan fingerprint density at radius 3 is 2.91 bits per heavy atom. The summed E-state index contributed by atoms with van der Waals surface area (Å²) in [5.74, 6) is 0.381. The van der Waals surface area contributed by atoms with Crippen molar-refractivity contribution in [3.05, 3.63) is 23.6 Å². The molecule has 0 radical (unpaired) electrons. The highest BCUT2D eigenvalue weighted by Gasteiger charge is 2.28. The predicted molar refractivity (Wildman–Crippen MR) is 84.9 cm³/mol. The number of anilines is 1. The molecule has 5 heteroatoms. The molecule has 22 heavy (non-hydrogen) atoms. The fourth-order valence-electron chi connectivity index (χ4n) is 2.82. The molecule has 1 aliphatic heterocycles. The van der Waals surface area contributed by atoms with E-state index in [0.717, 1.165) is 35.2 Å². The zero-order valence-electron chi connectivity index (χ0n) is 13.5. The van der Waals surface area contributed by atoms with Crippen molar-refractivity contribution in [1.29, 1.82) is 0 Å². The number of nitrogens with zero attached hydrogens (tertiary/aromatic N) is 1. The van der Waals surface area contributed by atoms with Crippen LogP contribution < -0.4 is 5.32 Å². The third-order valence-electron chi connectivity index (χ3n) is 3.79. The zero-order chi connectivity index (χ0) is 15.9. The number of carbonyl (C=O) groups excluding carboxylic acids is 1. The zero-order valence-corrected chi connectivity index (χ0v) is 13.5. The molecule has 0 fully saturated rings. The van der Waals surface area contributed by atoms with Gasteiger partial charge in [-0.1, -0.05) is 0 Å². The first-order valence-corrected chi connectivity index (χ1v) is 7.69. The van der Waals surface area contributed by atoms with Crippen molar-refractivity contribution < 1.29 is 13.9 Å². The fraction of sp³-hybridized carbons (Fsp3) is 0.529. The van der Waals surface area contributed by atoms with Crippen molar-refractivity contribution in [2.24, 2.45) is 5.92 Å². The highest BCUT2D eigenvalue weighted by molar-refractivity contribution is 5.84. The minimum Gasteiger partial charge on any atom is -0.460 e. The highest BCUT2D eigenvalue weighted by atomic mass is 16.6. The molecular weight excluding hydrogens is 280 g/mol. The molecule has 118 valence electrons. The van der Waals surface area contributed by atoms with Crippen LogP contribution in [0.25, 0.3) is 11.1 Å². The first-order chi connectivity index (χ1) is 10.3. The van der Waals surface area contributed by atoms with E-state index in [9.17, 15) is 4.79 Å². The van der Waals surface area contributed by atoms with Gasteiger partial charge in [0.2, 0.25) is 0 Å². The quantitative estimate of drug-likeness (QED) is 0.817. The van der Waals surface area contributed by atoms with Gasteiger partial charge in [0.15, 0.2) is 11.5 Å². The van der Waals surface area contributed by atoms with Crippen molar-refractivity contribution in [3.63, 3.8) is 0 Å². The van der Waals surface area contributed by atoms with Gasteiger partial charge in [0, 0.05) is 24.7 Å². The van der Waals surface area contributed by atoms with Crippen molar-refractivity contribution in [2.45, 2.75) is 46.1 Å². The summed E-state index contributed by atoms with van der Waals surface area (Å²) in [5, 5.41) is 3.36. The Morgan fingerprint density at radius 2 is 2.18 bits per heavy atom. The number of hydrogen-bond donors (Lipinski definition) is 1. The number of esters is 1. The van der Waals surface area contributed by atoms with Crippen molar-refractivity contribution in [3.8, 4) is 0 Å². The molecule has 0 aliphatic carbocycles. The number of benzene rings is 1.